The molecule has 2 rings (SSSR count). The number of carbonyl (C=O) groups is 2. The van der Waals surface area contributed by atoms with Gasteiger partial charge in [0.15, 0.2) is 0 Å². The van der Waals surface area contributed by atoms with Crippen LogP contribution in [0.4, 0.5) is 0 Å². The van der Waals surface area contributed by atoms with Crippen LogP contribution in [-0.4, -0.2) is 42.1 Å². The van der Waals surface area contributed by atoms with E-state index < -0.39 is 11.9 Å². The van der Waals surface area contributed by atoms with Crippen molar-refractivity contribution < 1.29 is 19.4 Å². The van der Waals surface area contributed by atoms with Crippen LogP contribution in [0.25, 0.3) is 0 Å². The normalized spacial score (nSPS) is 18.1. The summed E-state index contributed by atoms with van der Waals surface area (Å²) < 4.78 is 5.20. The van der Waals surface area contributed by atoms with Crippen LogP contribution in [0.15, 0.2) is 18.2 Å². The standard InChI is InChI=1S/C14H16ClNO4/c1-20-12-3-2-11(15)6-10(12)7-13(17)16-5-4-9(8-16)14(18)19/h2-3,6,9H,4-5,7-8H2,1H3,(H,18,19). The molecule has 0 aliphatic carbocycles. The van der Waals surface area contributed by atoms with Crippen molar-refractivity contribution in [2.24, 2.45) is 5.92 Å². The molecule has 1 saturated heterocycles. The van der Waals surface area contributed by atoms with Crippen molar-refractivity contribution in [2.45, 2.75) is 12.8 Å². The average Bonchev–Trinajstić information content (AvgIpc) is 2.89. The smallest absolute Gasteiger partial charge is 0.308 e. The van der Waals surface area contributed by atoms with E-state index in [1.54, 1.807) is 23.1 Å². The number of hydrogen-bond donors (Lipinski definition) is 1. The molecule has 108 valence electrons. The summed E-state index contributed by atoms with van der Waals surface area (Å²) in [6.45, 7) is 0.760. The maximum absolute atomic E-state index is 12.2. The molecule has 5 nitrogen and oxygen atoms in total. The van der Waals surface area contributed by atoms with E-state index in [1.807, 2.05) is 0 Å². The minimum absolute atomic E-state index is 0.102. The van der Waals surface area contributed by atoms with Crippen LogP contribution in [0.1, 0.15) is 12.0 Å². The Bertz CT molecular complexity index is 532. The number of benzene rings is 1. The molecule has 0 radical (unpaired) electrons. The van der Waals surface area contributed by atoms with Gasteiger partial charge in [-0.3, -0.25) is 9.59 Å². The third kappa shape index (κ3) is 3.22. The predicted octanol–water partition coefficient (Wildman–Crippen LogP) is 1.82. The second-order valence-electron chi connectivity index (χ2n) is 4.80. The molecule has 6 heteroatoms. The Morgan fingerprint density at radius 2 is 2.25 bits per heavy atom. The second kappa shape index (κ2) is 6.13. The van der Waals surface area contributed by atoms with Gasteiger partial charge < -0.3 is 14.7 Å². The van der Waals surface area contributed by atoms with Crippen molar-refractivity contribution in [1.82, 2.24) is 4.90 Å². The molecule has 1 aliphatic rings. The fourth-order valence-electron chi connectivity index (χ4n) is 2.35. The maximum atomic E-state index is 12.2. The van der Waals surface area contributed by atoms with Gasteiger partial charge in [-0.1, -0.05) is 11.6 Å². The third-order valence-corrected chi connectivity index (χ3v) is 3.71. The van der Waals surface area contributed by atoms with Gasteiger partial charge in [0.25, 0.3) is 0 Å². The van der Waals surface area contributed by atoms with Crippen LogP contribution in [0, 0.1) is 5.92 Å². The first-order valence-electron chi connectivity index (χ1n) is 6.34. The summed E-state index contributed by atoms with van der Waals surface area (Å²) >= 11 is 5.92. The molecule has 1 N–H and O–H groups in total. The van der Waals surface area contributed by atoms with E-state index in [1.165, 1.54) is 7.11 Å². The largest absolute Gasteiger partial charge is 0.496 e. The maximum Gasteiger partial charge on any atom is 0.308 e. The van der Waals surface area contributed by atoms with Gasteiger partial charge in [-0.25, -0.2) is 0 Å². The zero-order valence-electron chi connectivity index (χ0n) is 11.1. The van der Waals surface area contributed by atoms with Crippen molar-refractivity contribution in [3.63, 3.8) is 0 Å². The third-order valence-electron chi connectivity index (χ3n) is 3.47. The molecule has 1 amide bonds. The number of carboxylic acid groups (broad SMARTS) is 1. The van der Waals surface area contributed by atoms with Crippen molar-refractivity contribution in [1.29, 1.82) is 0 Å². The van der Waals surface area contributed by atoms with Crippen molar-refractivity contribution >= 4 is 23.5 Å². The highest BCUT2D eigenvalue weighted by Crippen LogP contribution is 2.25. The lowest BCUT2D eigenvalue weighted by atomic mass is 10.1. The SMILES string of the molecule is COc1ccc(Cl)cc1CC(=O)N1CCC(C(=O)O)C1. The highest BCUT2D eigenvalue weighted by molar-refractivity contribution is 6.30. The summed E-state index contributed by atoms with van der Waals surface area (Å²) in [5.74, 6) is -0.799. The second-order valence-corrected chi connectivity index (χ2v) is 5.23. The van der Waals surface area contributed by atoms with E-state index in [9.17, 15) is 9.59 Å². The number of ether oxygens (including phenoxy) is 1. The van der Waals surface area contributed by atoms with E-state index in [0.29, 0.717) is 29.3 Å². The summed E-state index contributed by atoms with van der Waals surface area (Å²) in [6, 6.07) is 5.11. The first-order chi connectivity index (χ1) is 9.51. The lowest BCUT2D eigenvalue weighted by molar-refractivity contribution is -0.141. The number of methoxy groups -OCH3 is 1. The molecule has 0 bridgehead atoms. The molecule has 0 aromatic heterocycles. The highest BCUT2D eigenvalue weighted by Gasteiger charge is 2.30. The molecule has 20 heavy (non-hydrogen) atoms. The van der Waals surface area contributed by atoms with Crippen molar-refractivity contribution in [3.05, 3.63) is 28.8 Å². The molecule has 1 fully saturated rings. The zero-order valence-corrected chi connectivity index (χ0v) is 11.9. The molecule has 1 atom stereocenters. The molecule has 0 spiro atoms. The molecule has 1 unspecified atom stereocenters. The summed E-state index contributed by atoms with van der Waals surface area (Å²) in [5, 5.41) is 9.49. The minimum Gasteiger partial charge on any atom is -0.496 e. The van der Waals surface area contributed by atoms with Gasteiger partial charge in [-0.15, -0.1) is 0 Å². The molecular formula is C14H16ClNO4. The molecular weight excluding hydrogens is 282 g/mol. The summed E-state index contributed by atoms with van der Waals surface area (Å²) in [6.07, 6.45) is 0.670. The van der Waals surface area contributed by atoms with Gasteiger partial charge in [0.1, 0.15) is 5.75 Å². The first kappa shape index (κ1) is 14.7. The number of hydrogen-bond acceptors (Lipinski definition) is 3. The van der Waals surface area contributed by atoms with Crippen LogP contribution in [0.5, 0.6) is 5.75 Å². The van der Waals surface area contributed by atoms with Crippen LogP contribution in [-0.2, 0) is 16.0 Å². The predicted molar refractivity (Wildman–Crippen MR) is 74.0 cm³/mol. The van der Waals surface area contributed by atoms with E-state index in [2.05, 4.69) is 0 Å². The number of nitrogens with zero attached hydrogens (tertiary/aromatic N) is 1. The molecule has 1 aliphatic heterocycles. The number of amides is 1. The fourth-order valence-corrected chi connectivity index (χ4v) is 2.54. The lowest BCUT2D eigenvalue weighted by Gasteiger charge is -2.17. The average molecular weight is 298 g/mol. The Balaban J connectivity index is 2.05. The van der Waals surface area contributed by atoms with Gasteiger partial charge in [-0.2, -0.15) is 0 Å². The molecule has 1 aromatic rings. The lowest BCUT2D eigenvalue weighted by Crippen LogP contribution is -2.31. The number of likely N-dealkylation sites (tertiary alicyclic amines) is 1. The van der Waals surface area contributed by atoms with Crippen LogP contribution >= 0.6 is 11.6 Å². The summed E-state index contributed by atoms with van der Waals surface area (Å²) in [4.78, 5) is 24.7. The molecule has 1 aromatic carbocycles. The first-order valence-corrected chi connectivity index (χ1v) is 6.72. The zero-order chi connectivity index (χ0) is 14.7. The highest BCUT2D eigenvalue weighted by atomic mass is 35.5. The van der Waals surface area contributed by atoms with Gasteiger partial charge in [-0.05, 0) is 24.6 Å². The Kier molecular flexibility index (Phi) is 4.49. The Labute approximate surface area is 122 Å². The van der Waals surface area contributed by atoms with Crippen LogP contribution < -0.4 is 4.74 Å². The number of rotatable bonds is 4. The number of carbonyl (C=O) groups excluding carboxylic acids is 1. The van der Waals surface area contributed by atoms with Crippen molar-refractivity contribution in [2.75, 3.05) is 20.2 Å². The van der Waals surface area contributed by atoms with Crippen molar-refractivity contribution in [3.8, 4) is 5.75 Å². The topological polar surface area (TPSA) is 66.8 Å². The van der Waals surface area contributed by atoms with Crippen LogP contribution in [0.3, 0.4) is 0 Å². The molecule has 1 heterocycles. The monoisotopic (exact) mass is 297 g/mol. The Hall–Kier alpha value is -1.75. The van der Waals surface area contributed by atoms with Crippen LogP contribution in [0.2, 0.25) is 5.02 Å². The fraction of sp³-hybridized carbons (Fsp3) is 0.429. The summed E-state index contributed by atoms with van der Waals surface area (Å²) in [5.41, 5.74) is 0.712. The van der Waals surface area contributed by atoms with Gasteiger partial charge >= 0.3 is 5.97 Å². The molecule has 0 saturated carbocycles. The number of aliphatic carboxylic acids is 1. The van der Waals surface area contributed by atoms with Gasteiger partial charge in [0, 0.05) is 23.7 Å². The quantitative estimate of drug-likeness (QED) is 0.920. The van der Waals surface area contributed by atoms with Gasteiger partial charge in [0.2, 0.25) is 5.91 Å². The summed E-state index contributed by atoms with van der Waals surface area (Å²) in [7, 11) is 1.54. The van der Waals surface area contributed by atoms with E-state index in [-0.39, 0.29) is 18.9 Å². The minimum atomic E-state index is -0.847. The Morgan fingerprint density at radius 1 is 1.50 bits per heavy atom. The number of halogens is 1. The van der Waals surface area contributed by atoms with Gasteiger partial charge in [0.05, 0.1) is 19.4 Å². The van der Waals surface area contributed by atoms with E-state index in [4.69, 9.17) is 21.4 Å². The van der Waals surface area contributed by atoms with E-state index >= 15 is 0 Å². The van der Waals surface area contributed by atoms with E-state index in [0.717, 1.165) is 0 Å². The number of carboxylic acids is 1. The Morgan fingerprint density at radius 3 is 2.85 bits per heavy atom.